The molecule has 2 fully saturated rings. The molecule has 1 saturated carbocycles. The number of benzene rings is 1. The van der Waals surface area contributed by atoms with Crippen LogP contribution in [0.25, 0.3) is 0 Å². The van der Waals surface area contributed by atoms with Crippen LogP contribution in [0.5, 0.6) is 11.5 Å². The summed E-state index contributed by atoms with van der Waals surface area (Å²) in [4.78, 5) is 13.7. The van der Waals surface area contributed by atoms with E-state index in [2.05, 4.69) is 39.9 Å². The normalized spacial score (nSPS) is 28.8. The molecule has 1 aromatic carbocycles. The molecule has 6 nitrogen and oxygen atoms in total. The molecule has 0 aromatic heterocycles. The Morgan fingerprint density at radius 2 is 1.77 bits per heavy atom. The Bertz CT molecular complexity index is 898. The summed E-state index contributed by atoms with van der Waals surface area (Å²) in [6, 6.07) is 3.94. The zero-order valence-corrected chi connectivity index (χ0v) is 20.3. The van der Waals surface area contributed by atoms with Crippen LogP contribution in [0.3, 0.4) is 0 Å². The molecule has 1 aromatic rings. The van der Waals surface area contributed by atoms with Crippen molar-refractivity contribution in [3.8, 4) is 11.5 Å². The van der Waals surface area contributed by atoms with Gasteiger partial charge in [-0.2, -0.15) is 0 Å². The molecule has 0 bridgehead atoms. The van der Waals surface area contributed by atoms with Crippen LogP contribution in [0.1, 0.15) is 62.4 Å². The second kappa shape index (κ2) is 7.04. The van der Waals surface area contributed by atoms with E-state index in [9.17, 15) is 4.79 Å². The molecule has 4 aliphatic rings. The number of fused-ring (bicyclic) bond motifs is 4. The summed E-state index contributed by atoms with van der Waals surface area (Å²) in [7, 11) is -1.87. The maximum absolute atomic E-state index is 13.7. The van der Waals surface area contributed by atoms with Crippen LogP contribution in [-0.4, -0.2) is 46.5 Å². The molecule has 0 amide bonds. The lowest BCUT2D eigenvalue weighted by molar-refractivity contribution is -0.193. The molecule has 7 heteroatoms. The Hall–Kier alpha value is -1.41. The molecule has 2 aliphatic heterocycles. The monoisotopic (exact) mass is 446 g/mol. The summed E-state index contributed by atoms with van der Waals surface area (Å²) in [6.45, 7) is 13.4. The zero-order chi connectivity index (χ0) is 22.1. The van der Waals surface area contributed by atoms with Crippen molar-refractivity contribution in [2.75, 3.05) is 26.6 Å². The number of rotatable bonds is 4. The van der Waals surface area contributed by atoms with Crippen LogP contribution in [0.15, 0.2) is 12.1 Å². The smallest absolute Gasteiger partial charge is 0.231 e. The number of hydrogen-bond donors (Lipinski definition) is 0. The van der Waals surface area contributed by atoms with E-state index in [1.54, 1.807) is 0 Å². The van der Waals surface area contributed by atoms with Crippen LogP contribution in [-0.2, 0) is 19.3 Å². The van der Waals surface area contributed by atoms with Gasteiger partial charge in [0.15, 0.2) is 31.4 Å². The van der Waals surface area contributed by atoms with Gasteiger partial charge in [-0.05, 0) is 48.7 Å². The minimum atomic E-state index is -1.87. The molecule has 1 spiro atoms. The van der Waals surface area contributed by atoms with Crippen molar-refractivity contribution in [1.29, 1.82) is 0 Å². The second-order valence-corrected chi connectivity index (χ2v) is 15.8. The van der Waals surface area contributed by atoms with Gasteiger partial charge in [-0.15, -0.1) is 0 Å². The van der Waals surface area contributed by atoms with Crippen molar-refractivity contribution in [3.63, 3.8) is 0 Å². The number of hydrogen-bond acceptors (Lipinski definition) is 6. The average molecular weight is 447 g/mol. The van der Waals surface area contributed by atoms with Gasteiger partial charge in [0.25, 0.3) is 0 Å². The Morgan fingerprint density at radius 1 is 1.10 bits per heavy atom. The maximum Gasteiger partial charge on any atom is 0.231 e. The van der Waals surface area contributed by atoms with Gasteiger partial charge in [0.2, 0.25) is 6.79 Å². The molecule has 1 saturated heterocycles. The standard InChI is InChI=1S/C24H34O6Si/c1-22(2,3)31(4,5)30-9-8-23-6-7-24(28-10-11-29-24)14-18(23)21(25)16-12-19-20(13-17(16)23)27-15-26-19/h12-13,18H,6-11,14-15H2,1-5H3/t18-,23-/m0/s1. The molecule has 170 valence electrons. The van der Waals surface area contributed by atoms with Gasteiger partial charge in [-0.3, -0.25) is 4.79 Å². The fraction of sp³-hybridized carbons (Fsp3) is 0.708. The molecule has 2 heterocycles. The summed E-state index contributed by atoms with van der Waals surface area (Å²) in [6.07, 6.45) is 3.06. The molecule has 31 heavy (non-hydrogen) atoms. The van der Waals surface area contributed by atoms with E-state index in [1.165, 1.54) is 0 Å². The van der Waals surface area contributed by atoms with Gasteiger partial charge >= 0.3 is 0 Å². The van der Waals surface area contributed by atoms with Gasteiger partial charge in [0, 0.05) is 36.3 Å². The minimum absolute atomic E-state index is 0.154. The summed E-state index contributed by atoms with van der Waals surface area (Å²) in [5.74, 6) is 0.813. The highest BCUT2D eigenvalue weighted by Gasteiger charge is 2.60. The minimum Gasteiger partial charge on any atom is -0.454 e. The summed E-state index contributed by atoms with van der Waals surface area (Å²) >= 11 is 0. The lowest BCUT2D eigenvalue weighted by atomic mass is 9.62. The zero-order valence-electron chi connectivity index (χ0n) is 19.3. The summed E-state index contributed by atoms with van der Waals surface area (Å²) in [5.41, 5.74) is 1.60. The first kappa shape index (κ1) is 21.4. The third-order valence-corrected chi connectivity index (χ3v) is 12.9. The third kappa shape index (κ3) is 3.27. The highest BCUT2D eigenvalue weighted by molar-refractivity contribution is 6.74. The van der Waals surface area contributed by atoms with Crippen molar-refractivity contribution >= 4 is 14.1 Å². The van der Waals surface area contributed by atoms with E-state index in [0.29, 0.717) is 32.0 Å². The van der Waals surface area contributed by atoms with Gasteiger partial charge in [-0.25, -0.2) is 0 Å². The van der Waals surface area contributed by atoms with Crippen molar-refractivity contribution in [2.24, 2.45) is 5.92 Å². The summed E-state index contributed by atoms with van der Waals surface area (Å²) < 4.78 is 29.8. The Morgan fingerprint density at radius 3 is 2.45 bits per heavy atom. The van der Waals surface area contributed by atoms with Crippen molar-refractivity contribution in [2.45, 2.75) is 75.8 Å². The highest BCUT2D eigenvalue weighted by atomic mass is 28.4. The second-order valence-electron chi connectivity index (χ2n) is 11.0. The molecule has 0 N–H and O–H groups in total. The Balaban J connectivity index is 1.48. The maximum atomic E-state index is 13.7. The van der Waals surface area contributed by atoms with E-state index in [1.807, 2.05) is 6.07 Å². The summed E-state index contributed by atoms with van der Waals surface area (Å²) in [5, 5.41) is 0.154. The van der Waals surface area contributed by atoms with Gasteiger partial charge in [0.1, 0.15) is 0 Å². The number of ketones is 1. The van der Waals surface area contributed by atoms with Gasteiger partial charge in [-0.1, -0.05) is 20.8 Å². The number of carbonyl (C=O) groups is 1. The number of ether oxygens (including phenoxy) is 4. The topological polar surface area (TPSA) is 63.2 Å². The first-order valence-corrected chi connectivity index (χ1v) is 14.4. The quantitative estimate of drug-likeness (QED) is 0.619. The molecule has 0 unspecified atom stereocenters. The third-order valence-electron chi connectivity index (χ3n) is 8.40. The number of Topliss-reactive ketones (excluding diaryl/α,β-unsaturated/α-hetero) is 1. The largest absolute Gasteiger partial charge is 0.454 e. The average Bonchev–Trinajstić information content (AvgIpc) is 3.40. The molecule has 5 rings (SSSR count). The predicted molar refractivity (Wildman–Crippen MR) is 118 cm³/mol. The lowest BCUT2D eigenvalue weighted by Crippen LogP contribution is -2.49. The van der Waals surface area contributed by atoms with Crippen LogP contribution in [0.2, 0.25) is 18.1 Å². The van der Waals surface area contributed by atoms with E-state index >= 15 is 0 Å². The molecule has 0 radical (unpaired) electrons. The van der Waals surface area contributed by atoms with E-state index in [4.69, 9.17) is 23.4 Å². The first-order chi connectivity index (χ1) is 14.6. The predicted octanol–water partition coefficient (Wildman–Crippen LogP) is 4.80. The molecule has 2 atom stereocenters. The fourth-order valence-electron chi connectivity index (χ4n) is 5.51. The van der Waals surface area contributed by atoms with Crippen LogP contribution >= 0.6 is 0 Å². The van der Waals surface area contributed by atoms with Crippen LogP contribution in [0, 0.1) is 5.92 Å². The van der Waals surface area contributed by atoms with Crippen LogP contribution in [0.4, 0.5) is 0 Å². The van der Waals surface area contributed by atoms with E-state index in [-0.39, 0.29) is 28.9 Å². The van der Waals surface area contributed by atoms with Crippen molar-refractivity contribution < 1.29 is 28.2 Å². The fourth-order valence-corrected chi connectivity index (χ4v) is 6.55. The molecule has 2 aliphatic carbocycles. The first-order valence-electron chi connectivity index (χ1n) is 11.5. The molecular weight excluding hydrogens is 412 g/mol. The van der Waals surface area contributed by atoms with Crippen molar-refractivity contribution in [1.82, 2.24) is 0 Å². The Kier molecular flexibility index (Phi) is 4.87. The number of carbonyl (C=O) groups excluding carboxylic acids is 1. The van der Waals surface area contributed by atoms with Gasteiger partial charge < -0.3 is 23.4 Å². The van der Waals surface area contributed by atoms with Gasteiger partial charge in [0.05, 0.1) is 13.2 Å². The lowest BCUT2D eigenvalue weighted by Gasteiger charge is -2.46. The van der Waals surface area contributed by atoms with E-state index < -0.39 is 14.1 Å². The highest BCUT2D eigenvalue weighted by Crippen LogP contribution is 2.59. The van der Waals surface area contributed by atoms with E-state index in [0.717, 1.165) is 36.1 Å². The molecular formula is C24H34O6Si. The SMILES string of the molecule is CC(C)(C)[Si](C)(C)OCC[C@]12CCC3(C[C@H]1C(=O)c1cc4c(cc12)OCO4)OCCO3. The Labute approximate surface area is 185 Å². The van der Waals surface area contributed by atoms with Crippen LogP contribution < -0.4 is 9.47 Å². The van der Waals surface area contributed by atoms with Crippen molar-refractivity contribution in [3.05, 3.63) is 23.3 Å².